The highest BCUT2D eigenvalue weighted by molar-refractivity contribution is 5.90. The van der Waals surface area contributed by atoms with Gasteiger partial charge >= 0.3 is 6.09 Å². The summed E-state index contributed by atoms with van der Waals surface area (Å²) in [5, 5.41) is 3.34. The second-order valence-corrected chi connectivity index (χ2v) is 4.60. The minimum Gasteiger partial charge on any atom is -0.447 e. The molecule has 2 atom stereocenters. The van der Waals surface area contributed by atoms with Crippen molar-refractivity contribution in [2.45, 2.75) is 12.5 Å². The highest BCUT2D eigenvalue weighted by atomic mass is 16.6. The molecule has 2 fully saturated rings. The Morgan fingerprint density at radius 2 is 2.12 bits per heavy atom. The predicted octanol–water partition coefficient (Wildman–Crippen LogP) is 1.62. The molecule has 1 aromatic carbocycles. The van der Waals surface area contributed by atoms with Crippen LogP contribution in [0.4, 0.5) is 10.5 Å². The van der Waals surface area contributed by atoms with Crippen LogP contribution in [0, 0.1) is 5.92 Å². The number of cyclic esters (lactones) is 1. The lowest BCUT2D eigenvalue weighted by Gasteiger charge is -2.25. The summed E-state index contributed by atoms with van der Waals surface area (Å²) in [6.07, 6.45) is 0.901. The van der Waals surface area contributed by atoms with Gasteiger partial charge < -0.3 is 10.1 Å². The van der Waals surface area contributed by atoms with Crippen LogP contribution in [0.25, 0.3) is 0 Å². The van der Waals surface area contributed by atoms with E-state index >= 15 is 0 Å². The number of hydrogen-bond donors (Lipinski definition) is 1. The third-order valence-corrected chi connectivity index (χ3v) is 3.58. The molecule has 1 N–H and O–H groups in total. The van der Waals surface area contributed by atoms with E-state index in [1.54, 1.807) is 4.90 Å². The first-order valence-corrected chi connectivity index (χ1v) is 6.08. The Morgan fingerprint density at radius 1 is 1.29 bits per heavy atom. The number of carbonyl (C=O) groups is 1. The van der Waals surface area contributed by atoms with Gasteiger partial charge in [-0.15, -0.1) is 0 Å². The van der Waals surface area contributed by atoms with E-state index < -0.39 is 0 Å². The summed E-state index contributed by atoms with van der Waals surface area (Å²) in [4.78, 5) is 13.6. The molecular weight excluding hydrogens is 216 g/mol. The molecule has 0 spiro atoms. The van der Waals surface area contributed by atoms with Crippen LogP contribution in [0.15, 0.2) is 30.3 Å². The molecule has 0 saturated carbocycles. The van der Waals surface area contributed by atoms with Gasteiger partial charge in [0.2, 0.25) is 0 Å². The van der Waals surface area contributed by atoms with Gasteiger partial charge in [-0.3, -0.25) is 4.90 Å². The van der Waals surface area contributed by atoms with Crippen LogP contribution in [0.3, 0.4) is 0 Å². The zero-order valence-electron chi connectivity index (χ0n) is 9.63. The molecule has 17 heavy (non-hydrogen) atoms. The van der Waals surface area contributed by atoms with E-state index in [1.807, 2.05) is 30.3 Å². The number of carbonyl (C=O) groups excluding carboxylic acids is 1. The Hall–Kier alpha value is -1.55. The minimum absolute atomic E-state index is 0.180. The molecule has 0 radical (unpaired) electrons. The molecule has 90 valence electrons. The molecule has 2 aliphatic rings. The summed E-state index contributed by atoms with van der Waals surface area (Å²) >= 11 is 0. The fourth-order valence-electron chi connectivity index (χ4n) is 2.67. The van der Waals surface area contributed by atoms with Gasteiger partial charge in [-0.25, -0.2) is 4.79 Å². The van der Waals surface area contributed by atoms with Crippen LogP contribution >= 0.6 is 0 Å². The highest BCUT2D eigenvalue weighted by Gasteiger charge is 2.40. The molecule has 1 aromatic rings. The van der Waals surface area contributed by atoms with Crippen LogP contribution in [-0.4, -0.2) is 31.8 Å². The molecule has 2 heterocycles. The molecule has 0 aliphatic carbocycles. The lowest BCUT2D eigenvalue weighted by atomic mass is 9.98. The summed E-state index contributed by atoms with van der Waals surface area (Å²) in [6, 6.07) is 9.96. The molecule has 2 unspecified atom stereocenters. The van der Waals surface area contributed by atoms with Crippen LogP contribution in [0.1, 0.15) is 6.42 Å². The molecule has 0 aromatic heterocycles. The number of benzene rings is 1. The summed E-state index contributed by atoms with van der Waals surface area (Å²) < 4.78 is 5.20. The van der Waals surface area contributed by atoms with Crippen molar-refractivity contribution >= 4 is 11.8 Å². The maximum atomic E-state index is 11.8. The number of rotatable bonds is 2. The summed E-state index contributed by atoms with van der Waals surface area (Å²) in [6.45, 7) is 2.53. The number of para-hydroxylation sites is 1. The normalized spacial score (nSPS) is 28.5. The Morgan fingerprint density at radius 3 is 2.82 bits per heavy atom. The van der Waals surface area contributed by atoms with E-state index in [2.05, 4.69) is 5.32 Å². The molecule has 4 heteroatoms. The van der Waals surface area contributed by atoms with Crippen molar-refractivity contribution in [3.8, 4) is 0 Å². The smallest absolute Gasteiger partial charge is 0.414 e. The van der Waals surface area contributed by atoms with Crippen molar-refractivity contribution in [2.24, 2.45) is 5.92 Å². The predicted molar refractivity (Wildman–Crippen MR) is 65.0 cm³/mol. The Labute approximate surface area is 101 Å². The Kier molecular flexibility index (Phi) is 2.73. The van der Waals surface area contributed by atoms with Gasteiger partial charge in [-0.05, 0) is 31.0 Å². The SMILES string of the molecule is O=C1OCC(C2CCNC2)N1c1ccccc1. The Bertz CT molecular complexity index is 401. The highest BCUT2D eigenvalue weighted by Crippen LogP contribution is 2.29. The van der Waals surface area contributed by atoms with Crippen molar-refractivity contribution in [3.63, 3.8) is 0 Å². The molecule has 2 saturated heterocycles. The molecule has 3 rings (SSSR count). The first kappa shape index (κ1) is 10.6. The molecular formula is C13H16N2O2. The number of amides is 1. The van der Waals surface area contributed by atoms with Crippen LogP contribution in [0.5, 0.6) is 0 Å². The van der Waals surface area contributed by atoms with E-state index in [0.717, 1.165) is 25.2 Å². The van der Waals surface area contributed by atoms with Crippen molar-refractivity contribution in [1.82, 2.24) is 5.32 Å². The van der Waals surface area contributed by atoms with Crippen LogP contribution in [-0.2, 0) is 4.74 Å². The fourth-order valence-corrected chi connectivity index (χ4v) is 2.67. The zero-order valence-corrected chi connectivity index (χ0v) is 9.63. The zero-order chi connectivity index (χ0) is 11.7. The summed E-state index contributed by atoms with van der Waals surface area (Å²) in [7, 11) is 0. The molecule has 4 nitrogen and oxygen atoms in total. The van der Waals surface area contributed by atoms with Crippen molar-refractivity contribution in [2.75, 3.05) is 24.6 Å². The maximum Gasteiger partial charge on any atom is 0.414 e. The Balaban J connectivity index is 1.86. The summed E-state index contributed by atoms with van der Waals surface area (Å²) in [5.41, 5.74) is 0.937. The minimum atomic E-state index is -0.215. The van der Waals surface area contributed by atoms with Crippen molar-refractivity contribution in [3.05, 3.63) is 30.3 Å². The average molecular weight is 232 g/mol. The second-order valence-electron chi connectivity index (χ2n) is 4.60. The van der Waals surface area contributed by atoms with Gasteiger partial charge in [0.15, 0.2) is 0 Å². The lowest BCUT2D eigenvalue weighted by molar-refractivity contribution is 0.176. The third-order valence-electron chi connectivity index (χ3n) is 3.58. The van der Waals surface area contributed by atoms with Crippen LogP contribution < -0.4 is 10.2 Å². The number of ether oxygens (including phenoxy) is 1. The monoisotopic (exact) mass is 232 g/mol. The van der Waals surface area contributed by atoms with E-state index in [0.29, 0.717) is 12.5 Å². The van der Waals surface area contributed by atoms with Gasteiger partial charge in [0, 0.05) is 12.2 Å². The van der Waals surface area contributed by atoms with Gasteiger partial charge in [0.1, 0.15) is 6.61 Å². The van der Waals surface area contributed by atoms with Gasteiger partial charge in [0.25, 0.3) is 0 Å². The quantitative estimate of drug-likeness (QED) is 0.842. The van der Waals surface area contributed by atoms with Crippen molar-refractivity contribution < 1.29 is 9.53 Å². The first-order valence-electron chi connectivity index (χ1n) is 6.08. The number of nitrogens with zero attached hydrogens (tertiary/aromatic N) is 1. The number of hydrogen-bond acceptors (Lipinski definition) is 3. The lowest BCUT2D eigenvalue weighted by Crippen LogP contribution is -2.40. The van der Waals surface area contributed by atoms with Crippen LogP contribution in [0.2, 0.25) is 0 Å². The van der Waals surface area contributed by atoms with E-state index in [-0.39, 0.29) is 12.1 Å². The topological polar surface area (TPSA) is 41.6 Å². The van der Waals surface area contributed by atoms with Gasteiger partial charge in [0.05, 0.1) is 6.04 Å². The van der Waals surface area contributed by atoms with E-state index in [4.69, 9.17) is 4.74 Å². The van der Waals surface area contributed by atoms with E-state index in [9.17, 15) is 4.79 Å². The number of anilines is 1. The molecule has 0 bridgehead atoms. The van der Waals surface area contributed by atoms with Crippen molar-refractivity contribution in [1.29, 1.82) is 0 Å². The van der Waals surface area contributed by atoms with E-state index in [1.165, 1.54) is 0 Å². The third kappa shape index (κ3) is 1.89. The largest absolute Gasteiger partial charge is 0.447 e. The summed E-state index contributed by atoms with van der Waals surface area (Å²) in [5.74, 6) is 0.502. The number of nitrogens with one attached hydrogen (secondary N) is 1. The fraction of sp³-hybridized carbons (Fsp3) is 0.462. The van der Waals surface area contributed by atoms with Gasteiger partial charge in [-0.2, -0.15) is 0 Å². The average Bonchev–Trinajstić information content (AvgIpc) is 2.98. The molecule has 1 amide bonds. The first-order chi connectivity index (χ1) is 8.36. The molecule has 2 aliphatic heterocycles. The second kappa shape index (κ2) is 4.37. The standard InChI is InChI=1S/C13H16N2O2/c16-13-15(11-4-2-1-3-5-11)12(9-17-13)10-6-7-14-8-10/h1-5,10,12,14H,6-9H2. The maximum absolute atomic E-state index is 11.8. The van der Waals surface area contributed by atoms with Gasteiger partial charge in [-0.1, -0.05) is 18.2 Å².